The van der Waals surface area contributed by atoms with Crippen molar-refractivity contribution in [2.75, 3.05) is 0 Å². The lowest BCUT2D eigenvalue weighted by molar-refractivity contribution is -0.137. The van der Waals surface area contributed by atoms with Crippen molar-refractivity contribution in [3.05, 3.63) is 48.6 Å². The van der Waals surface area contributed by atoms with Gasteiger partial charge >= 0.3 is 5.97 Å². The minimum atomic E-state index is -0.712. The molecule has 0 atom stereocenters. The van der Waals surface area contributed by atoms with Gasteiger partial charge in [0.05, 0.1) is 0 Å². The Hall–Kier alpha value is -1.57. The number of hydrogen-bond acceptors (Lipinski definition) is 1. The number of unbranched alkanes of at least 4 members (excludes halogenated alkanes) is 4. The second-order valence-corrected chi connectivity index (χ2v) is 5.37. The topological polar surface area (TPSA) is 37.3 Å². The highest BCUT2D eigenvalue weighted by atomic mass is 16.4. The van der Waals surface area contributed by atoms with E-state index >= 15 is 0 Å². The molecule has 0 amide bonds. The van der Waals surface area contributed by atoms with Crippen LogP contribution in [0.1, 0.15) is 71.1 Å². The van der Waals surface area contributed by atoms with Gasteiger partial charge in [0, 0.05) is 6.42 Å². The summed E-state index contributed by atoms with van der Waals surface area (Å²) in [6.07, 6.45) is 27.3. The second-order valence-electron chi connectivity index (χ2n) is 5.37. The largest absolute Gasteiger partial charge is 0.481 e. The number of hydrogen-bond donors (Lipinski definition) is 1. The van der Waals surface area contributed by atoms with E-state index in [-0.39, 0.29) is 6.42 Å². The normalized spacial score (nSPS) is 12.4. The van der Waals surface area contributed by atoms with Crippen LogP contribution in [0.4, 0.5) is 0 Å². The maximum Gasteiger partial charge on any atom is 0.303 e. The van der Waals surface area contributed by atoms with Crippen LogP contribution in [-0.2, 0) is 4.79 Å². The zero-order valence-electron chi connectivity index (χ0n) is 14.0. The van der Waals surface area contributed by atoms with Crippen molar-refractivity contribution in [3.63, 3.8) is 0 Å². The van der Waals surface area contributed by atoms with Crippen molar-refractivity contribution in [1.29, 1.82) is 0 Å². The van der Waals surface area contributed by atoms with Gasteiger partial charge in [-0.05, 0) is 44.9 Å². The van der Waals surface area contributed by atoms with Crippen LogP contribution >= 0.6 is 0 Å². The second kappa shape index (κ2) is 17.5. The molecule has 0 fully saturated rings. The number of aliphatic carboxylic acids is 1. The number of carboxylic acids is 1. The van der Waals surface area contributed by atoms with Gasteiger partial charge in [0.15, 0.2) is 0 Å². The highest BCUT2D eigenvalue weighted by molar-refractivity contribution is 5.66. The average Bonchev–Trinajstić information content (AvgIpc) is 2.50. The van der Waals surface area contributed by atoms with Crippen LogP contribution in [0.2, 0.25) is 0 Å². The van der Waals surface area contributed by atoms with Crippen molar-refractivity contribution in [1.82, 2.24) is 0 Å². The molecule has 0 aliphatic heterocycles. The highest BCUT2D eigenvalue weighted by Crippen LogP contribution is 2.01. The molecule has 0 rings (SSSR count). The van der Waals surface area contributed by atoms with E-state index in [4.69, 9.17) is 5.11 Å². The van der Waals surface area contributed by atoms with Crippen molar-refractivity contribution in [2.45, 2.75) is 71.1 Å². The summed E-state index contributed by atoms with van der Waals surface area (Å²) in [7, 11) is 0. The first-order chi connectivity index (χ1) is 10.8. The molecule has 0 bridgehead atoms. The Kier molecular flexibility index (Phi) is 16.2. The number of carboxylic acid groups (broad SMARTS) is 1. The summed E-state index contributed by atoms with van der Waals surface area (Å²) in [5.41, 5.74) is 0. The molecule has 0 saturated carbocycles. The Morgan fingerprint density at radius 3 is 1.64 bits per heavy atom. The zero-order chi connectivity index (χ0) is 16.3. The van der Waals surface area contributed by atoms with Crippen LogP contribution < -0.4 is 0 Å². The molecule has 0 aliphatic carbocycles. The molecule has 0 unspecified atom stereocenters. The summed E-state index contributed by atoms with van der Waals surface area (Å²) in [6, 6.07) is 0. The third-order valence-corrected chi connectivity index (χ3v) is 3.22. The average molecular weight is 305 g/mol. The Bertz CT molecular complexity index is 362. The summed E-state index contributed by atoms with van der Waals surface area (Å²) in [5.74, 6) is -0.712. The smallest absolute Gasteiger partial charge is 0.303 e. The maximum atomic E-state index is 10.3. The van der Waals surface area contributed by atoms with E-state index in [1.165, 1.54) is 25.7 Å². The quantitative estimate of drug-likeness (QED) is 0.235. The third kappa shape index (κ3) is 18.4. The summed E-state index contributed by atoms with van der Waals surface area (Å²) in [5, 5.41) is 8.49. The van der Waals surface area contributed by atoms with Gasteiger partial charge < -0.3 is 5.11 Å². The van der Waals surface area contributed by atoms with Crippen LogP contribution in [0.5, 0.6) is 0 Å². The lowest BCUT2D eigenvalue weighted by Gasteiger charge is -1.90. The minimum absolute atomic E-state index is 0.262. The van der Waals surface area contributed by atoms with E-state index < -0.39 is 5.97 Å². The van der Waals surface area contributed by atoms with Gasteiger partial charge in [-0.15, -0.1) is 0 Å². The zero-order valence-corrected chi connectivity index (χ0v) is 14.0. The summed E-state index contributed by atoms with van der Waals surface area (Å²) in [4.78, 5) is 10.3. The third-order valence-electron chi connectivity index (χ3n) is 3.22. The highest BCUT2D eigenvalue weighted by Gasteiger charge is 1.92. The molecular weight excluding hydrogens is 273 g/mol. The van der Waals surface area contributed by atoms with Crippen LogP contribution in [0.25, 0.3) is 0 Å². The number of rotatable bonds is 14. The fourth-order valence-corrected chi connectivity index (χ4v) is 1.93. The lowest BCUT2D eigenvalue weighted by Crippen LogP contribution is -1.92. The predicted molar refractivity (Wildman–Crippen MR) is 96.0 cm³/mol. The van der Waals surface area contributed by atoms with Crippen molar-refractivity contribution in [2.24, 2.45) is 0 Å². The minimum Gasteiger partial charge on any atom is -0.481 e. The van der Waals surface area contributed by atoms with E-state index in [9.17, 15) is 4.79 Å². The van der Waals surface area contributed by atoms with Gasteiger partial charge in [0.25, 0.3) is 0 Å². The number of carbonyl (C=O) groups is 1. The standard InChI is InChI=1S/C20H32O2/c1-2-3-4-5-6-7-8-9-10-11-12-13-14-15-16-17-18-19-20(21)22/h6-7,9-10,12-13,15-16H,2-5,8,11,14,17-19H2,1H3,(H,21,22)/b7-6-,10-9-,13-12-,16-15-/i10+1. The molecule has 1 N–H and O–H groups in total. The molecule has 0 aromatic rings. The van der Waals surface area contributed by atoms with Crippen LogP contribution in [-0.4, -0.2) is 11.1 Å². The molecule has 2 nitrogen and oxygen atoms in total. The SMILES string of the molecule is CCCCC/C=C\C/C=[13CH]\C/C=C\C/C=C\CCCC(=O)O. The van der Waals surface area contributed by atoms with Crippen molar-refractivity contribution in [3.8, 4) is 0 Å². The fourth-order valence-electron chi connectivity index (χ4n) is 1.93. The Morgan fingerprint density at radius 1 is 0.727 bits per heavy atom. The van der Waals surface area contributed by atoms with Gasteiger partial charge in [-0.2, -0.15) is 0 Å². The van der Waals surface area contributed by atoms with Crippen LogP contribution in [0.15, 0.2) is 48.6 Å². The van der Waals surface area contributed by atoms with Gasteiger partial charge in [0.1, 0.15) is 0 Å². The first-order valence-corrected chi connectivity index (χ1v) is 8.59. The molecule has 2 heteroatoms. The first kappa shape index (κ1) is 20.4. The number of allylic oxidation sites excluding steroid dienone is 8. The van der Waals surface area contributed by atoms with Crippen molar-refractivity contribution < 1.29 is 9.90 Å². The molecule has 0 heterocycles. The molecule has 124 valence electrons. The van der Waals surface area contributed by atoms with E-state index in [2.05, 4.69) is 55.5 Å². The molecule has 0 spiro atoms. The molecule has 0 radical (unpaired) electrons. The fraction of sp³-hybridized carbons (Fsp3) is 0.550. The van der Waals surface area contributed by atoms with E-state index in [0.717, 1.165) is 32.1 Å². The molecule has 0 aromatic carbocycles. The first-order valence-electron chi connectivity index (χ1n) is 8.59. The molecule has 0 aliphatic rings. The predicted octanol–water partition coefficient (Wildman–Crippen LogP) is 6.22. The lowest BCUT2D eigenvalue weighted by atomic mass is 10.2. The molecule has 0 aromatic heterocycles. The van der Waals surface area contributed by atoms with Gasteiger partial charge in [0.2, 0.25) is 0 Å². The Balaban J connectivity index is 3.40. The van der Waals surface area contributed by atoms with Crippen LogP contribution in [0, 0.1) is 0 Å². The molecule has 0 saturated heterocycles. The van der Waals surface area contributed by atoms with Gasteiger partial charge in [-0.3, -0.25) is 4.79 Å². The van der Waals surface area contributed by atoms with Gasteiger partial charge in [-0.1, -0.05) is 68.4 Å². The monoisotopic (exact) mass is 305 g/mol. The van der Waals surface area contributed by atoms with E-state index in [0.29, 0.717) is 0 Å². The van der Waals surface area contributed by atoms with Crippen molar-refractivity contribution >= 4 is 5.97 Å². The summed E-state index contributed by atoms with van der Waals surface area (Å²) in [6.45, 7) is 2.23. The summed E-state index contributed by atoms with van der Waals surface area (Å²) >= 11 is 0. The maximum absolute atomic E-state index is 10.3. The van der Waals surface area contributed by atoms with E-state index in [1.807, 2.05) is 0 Å². The summed E-state index contributed by atoms with van der Waals surface area (Å²) < 4.78 is 0. The Labute approximate surface area is 136 Å². The van der Waals surface area contributed by atoms with Crippen LogP contribution in [0.3, 0.4) is 0 Å². The Morgan fingerprint density at radius 2 is 1.18 bits per heavy atom. The molecule has 22 heavy (non-hydrogen) atoms. The molecular formula is C20H32O2. The van der Waals surface area contributed by atoms with E-state index in [1.54, 1.807) is 0 Å². The van der Waals surface area contributed by atoms with Gasteiger partial charge in [-0.25, -0.2) is 0 Å².